The van der Waals surface area contributed by atoms with Gasteiger partial charge in [0, 0.05) is 14.2 Å². The fourth-order valence-electron chi connectivity index (χ4n) is 1.53. The summed E-state index contributed by atoms with van der Waals surface area (Å²) in [6.07, 6.45) is 0. The summed E-state index contributed by atoms with van der Waals surface area (Å²) in [6, 6.07) is 4.30. The molecule has 0 saturated carbocycles. The minimum absolute atomic E-state index is 0.317. The summed E-state index contributed by atoms with van der Waals surface area (Å²) in [5.74, 6) is 1.80. The van der Waals surface area contributed by atoms with E-state index >= 15 is 0 Å². The Labute approximate surface area is 88.4 Å². The molecule has 1 atom stereocenters. The van der Waals surface area contributed by atoms with Crippen molar-refractivity contribution in [3.05, 3.63) is 17.8 Å². The quantitative estimate of drug-likeness (QED) is 0.743. The highest BCUT2D eigenvalue weighted by atomic mass is 16.6. The SMILES string of the molecule is COCOC.c1cc2c3nc1C(CO2)N3. The molecule has 0 aliphatic carbocycles. The molecule has 3 bridgehead atoms. The van der Waals surface area contributed by atoms with Crippen molar-refractivity contribution in [2.45, 2.75) is 6.04 Å². The Morgan fingerprint density at radius 3 is 2.93 bits per heavy atom. The molecule has 2 aliphatic rings. The molecule has 0 saturated heterocycles. The largest absolute Gasteiger partial charge is 0.487 e. The zero-order valence-electron chi connectivity index (χ0n) is 8.82. The lowest BCUT2D eigenvalue weighted by Crippen LogP contribution is -2.17. The van der Waals surface area contributed by atoms with E-state index in [9.17, 15) is 0 Å². The van der Waals surface area contributed by atoms with Gasteiger partial charge in [0.1, 0.15) is 19.4 Å². The standard InChI is InChI=1S/C7H6N2O.C3H8O2/c1-2-6-7-8-4(1)5(9-7)3-10-6;1-4-3-5-2/h1-2,5H,3H2,(H,8,9);3H2,1-2H3. The summed E-state index contributed by atoms with van der Waals surface area (Å²) in [4.78, 5) is 4.29. The third-order valence-corrected chi connectivity index (χ3v) is 2.19. The third-order valence-electron chi connectivity index (χ3n) is 2.19. The van der Waals surface area contributed by atoms with Crippen molar-refractivity contribution in [1.29, 1.82) is 0 Å². The molecule has 1 aromatic heterocycles. The highest BCUT2D eigenvalue weighted by Crippen LogP contribution is 2.37. The Hall–Kier alpha value is -1.33. The molecule has 3 rings (SSSR count). The van der Waals surface area contributed by atoms with E-state index in [1.54, 1.807) is 14.2 Å². The smallest absolute Gasteiger partial charge is 0.169 e. The predicted molar refractivity (Wildman–Crippen MR) is 55.0 cm³/mol. The Bertz CT molecular complexity index is 341. The number of methoxy groups -OCH3 is 2. The number of anilines is 1. The molecule has 0 amide bonds. The third kappa shape index (κ3) is 2.03. The number of nitrogens with one attached hydrogen (secondary N) is 1. The van der Waals surface area contributed by atoms with E-state index in [1.807, 2.05) is 12.1 Å². The van der Waals surface area contributed by atoms with Gasteiger partial charge in [-0.05, 0) is 12.1 Å². The number of ether oxygens (including phenoxy) is 3. The van der Waals surface area contributed by atoms with Crippen molar-refractivity contribution in [2.24, 2.45) is 0 Å². The molecule has 3 heterocycles. The molecule has 1 N–H and O–H groups in total. The van der Waals surface area contributed by atoms with E-state index in [4.69, 9.17) is 4.74 Å². The van der Waals surface area contributed by atoms with E-state index in [1.165, 1.54) is 0 Å². The lowest BCUT2D eigenvalue weighted by atomic mass is 10.2. The van der Waals surface area contributed by atoms with Crippen molar-refractivity contribution >= 4 is 5.82 Å². The molecule has 5 heteroatoms. The van der Waals surface area contributed by atoms with Gasteiger partial charge in [0.15, 0.2) is 11.6 Å². The average Bonchev–Trinajstić information content (AvgIpc) is 2.42. The zero-order valence-corrected chi connectivity index (χ0v) is 8.82. The van der Waals surface area contributed by atoms with Crippen LogP contribution in [0.25, 0.3) is 0 Å². The minimum atomic E-state index is 0.317. The Kier molecular flexibility index (Phi) is 3.03. The van der Waals surface area contributed by atoms with Gasteiger partial charge in [0.2, 0.25) is 0 Å². The average molecular weight is 210 g/mol. The van der Waals surface area contributed by atoms with Crippen LogP contribution in [0.3, 0.4) is 0 Å². The normalized spacial score (nSPS) is 18.9. The molecular formula is C10H14N2O3. The van der Waals surface area contributed by atoms with Gasteiger partial charge in [-0.15, -0.1) is 0 Å². The number of rotatable bonds is 2. The maximum atomic E-state index is 5.37. The number of nitrogens with zero attached hydrogens (tertiary/aromatic N) is 1. The second kappa shape index (κ2) is 4.46. The summed E-state index contributed by atoms with van der Waals surface area (Å²) < 4.78 is 14.3. The van der Waals surface area contributed by atoms with Crippen LogP contribution in [0.1, 0.15) is 11.7 Å². The predicted octanol–water partition coefficient (Wildman–Crippen LogP) is 1.18. The molecule has 2 aliphatic heterocycles. The van der Waals surface area contributed by atoms with Gasteiger partial charge in [0.05, 0.1) is 5.69 Å². The van der Waals surface area contributed by atoms with Crippen LogP contribution in [0, 0.1) is 0 Å². The Morgan fingerprint density at radius 1 is 1.47 bits per heavy atom. The van der Waals surface area contributed by atoms with E-state index in [0.29, 0.717) is 12.8 Å². The van der Waals surface area contributed by atoms with Gasteiger partial charge in [-0.2, -0.15) is 0 Å². The number of hydrogen-bond donors (Lipinski definition) is 1. The molecule has 1 unspecified atom stereocenters. The van der Waals surface area contributed by atoms with Gasteiger partial charge >= 0.3 is 0 Å². The van der Waals surface area contributed by atoms with E-state index < -0.39 is 0 Å². The van der Waals surface area contributed by atoms with Crippen molar-refractivity contribution in [2.75, 3.05) is 32.9 Å². The summed E-state index contributed by atoms with van der Waals surface area (Å²) in [6.45, 7) is 1.12. The molecule has 1 aromatic rings. The second-order valence-electron chi connectivity index (χ2n) is 3.29. The topological polar surface area (TPSA) is 52.6 Å². The van der Waals surface area contributed by atoms with Crippen LogP contribution in [0.4, 0.5) is 5.82 Å². The van der Waals surface area contributed by atoms with Gasteiger partial charge < -0.3 is 19.5 Å². The first-order valence-corrected chi connectivity index (χ1v) is 4.73. The summed E-state index contributed by atoms with van der Waals surface area (Å²) in [5, 5.41) is 3.24. The number of hydrogen-bond acceptors (Lipinski definition) is 5. The molecule has 82 valence electrons. The Morgan fingerprint density at radius 2 is 2.27 bits per heavy atom. The fraction of sp³-hybridized carbons (Fsp3) is 0.500. The first-order chi connectivity index (χ1) is 7.35. The highest BCUT2D eigenvalue weighted by molar-refractivity contribution is 5.58. The molecule has 5 nitrogen and oxygen atoms in total. The van der Waals surface area contributed by atoms with Crippen molar-refractivity contribution in [1.82, 2.24) is 4.98 Å². The van der Waals surface area contributed by atoms with E-state index in [0.717, 1.165) is 23.9 Å². The molecule has 0 fully saturated rings. The van der Waals surface area contributed by atoms with Crippen LogP contribution in [-0.2, 0) is 9.47 Å². The maximum Gasteiger partial charge on any atom is 0.169 e. The number of pyridine rings is 1. The van der Waals surface area contributed by atoms with Crippen LogP contribution >= 0.6 is 0 Å². The second-order valence-corrected chi connectivity index (χ2v) is 3.29. The maximum absolute atomic E-state index is 5.37. The summed E-state index contributed by atoms with van der Waals surface area (Å²) in [5.41, 5.74) is 1.11. The Balaban J connectivity index is 0.000000149. The zero-order chi connectivity index (χ0) is 10.7. The van der Waals surface area contributed by atoms with Crippen molar-refractivity contribution < 1.29 is 14.2 Å². The summed E-state index contributed by atoms with van der Waals surface area (Å²) in [7, 11) is 3.17. The van der Waals surface area contributed by atoms with Gasteiger partial charge in [-0.25, -0.2) is 4.98 Å². The van der Waals surface area contributed by atoms with Crippen LogP contribution < -0.4 is 10.1 Å². The van der Waals surface area contributed by atoms with Crippen molar-refractivity contribution in [3.8, 4) is 5.75 Å². The van der Waals surface area contributed by atoms with Gasteiger partial charge in [-0.3, -0.25) is 0 Å². The van der Waals surface area contributed by atoms with Crippen LogP contribution in [0.2, 0.25) is 0 Å². The van der Waals surface area contributed by atoms with Crippen molar-refractivity contribution in [3.63, 3.8) is 0 Å². The molecule has 0 aromatic carbocycles. The van der Waals surface area contributed by atoms with Crippen LogP contribution in [0.5, 0.6) is 5.75 Å². The fourth-order valence-corrected chi connectivity index (χ4v) is 1.53. The minimum Gasteiger partial charge on any atom is -0.487 e. The number of fused-ring (bicyclic) bond motifs is 3. The van der Waals surface area contributed by atoms with Crippen LogP contribution in [0.15, 0.2) is 12.1 Å². The number of aromatic nitrogens is 1. The van der Waals surface area contributed by atoms with E-state index in [-0.39, 0.29) is 0 Å². The molecule has 0 radical (unpaired) electrons. The molecular weight excluding hydrogens is 196 g/mol. The van der Waals surface area contributed by atoms with Gasteiger partial charge in [-0.1, -0.05) is 0 Å². The molecule has 0 spiro atoms. The lowest BCUT2D eigenvalue weighted by Gasteiger charge is -2.16. The van der Waals surface area contributed by atoms with Gasteiger partial charge in [0.25, 0.3) is 0 Å². The molecule has 15 heavy (non-hydrogen) atoms. The lowest BCUT2D eigenvalue weighted by molar-refractivity contribution is -0.00271. The first kappa shape index (κ1) is 10.2. The monoisotopic (exact) mass is 210 g/mol. The van der Waals surface area contributed by atoms with Crippen LogP contribution in [-0.4, -0.2) is 32.6 Å². The first-order valence-electron chi connectivity index (χ1n) is 4.73. The summed E-state index contributed by atoms with van der Waals surface area (Å²) >= 11 is 0. The highest BCUT2D eigenvalue weighted by Gasteiger charge is 2.29. The van der Waals surface area contributed by atoms with E-state index in [2.05, 4.69) is 19.8 Å².